The number of amides is 2. The third kappa shape index (κ3) is 3.49. The van der Waals surface area contributed by atoms with Crippen molar-refractivity contribution in [3.8, 4) is 11.1 Å². The lowest BCUT2D eigenvalue weighted by Gasteiger charge is -2.12. The molecule has 3 N–H and O–H groups in total. The number of likely N-dealkylation sites (N-methyl/N-ethyl adjacent to an activating group) is 1. The predicted molar refractivity (Wildman–Crippen MR) is 119 cm³/mol. The summed E-state index contributed by atoms with van der Waals surface area (Å²) in [4.78, 5) is 28.2. The second kappa shape index (κ2) is 7.79. The van der Waals surface area contributed by atoms with Gasteiger partial charge in [-0.05, 0) is 24.1 Å². The Hall–Kier alpha value is -3.11. The van der Waals surface area contributed by atoms with Crippen LogP contribution in [0.25, 0.3) is 32.2 Å². The van der Waals surface area contributed by atoms with Gasteiger partial charge in [-0.1, -0.05) is 29.0 Å². The van der Waals surface area contributed by atoms with Gasteiger partial charge < -0.3 is 10.6 Å². The summed E-state index contributed by atoms with van der Waals surface area (Å²) in [5, 5.41) is 12.7. The van der Waals surface area contributed by atoms with Crippen molar-refractivity contribution in [1.82, 2.24) is 20.5 Å². The second-order valence-corrected chi connectivity index (χ2v) is 8.95. The highest BCUT2D eigenvalue weighted by Crippen LogP contribution is 2.41. The number of carbonyl (C=O) groups excluding carboxylic acids is 2. The molecule has 1 fully saturated rings. The van der Waals surface area contributed by atoms with Crippen molar-refractivity contribution in [3.63, 3.8) is 0 Å². The average molecular weight is 476 g/mol. The number of nitrogens with zero attached hydrogens (tertiary/aromatic N) is 2. The van der Waals surface area contributed by atoms with Crippen molar-refractivity contribution in [2.24, 2.45) is 5.92 Å². The van der Waals surface area contributed by atoms with Gasteiger partial charge in [-0.3, -0.25) is 14.7 Å². The largest absolute Gasteiger partial charge is 0.359 e. The molecule has 7 nitrogen and oxygen atoms in total. The maximum Gasteiger partial charge on any atom is 0.232 e. The van der Waals surface area contributed by atoms with Gasteiger partial charge in [0.05, 0.1) is 39.3 Å². The highest BCUT2D eigenvalue weighted by atomic mass is 35.5. The zero-order chi connectivity index (χ0) is 22.6. The number of fused-ring (bicyclic) bond motifs is 2. The van der Waals surface area contributed by atoms with Crippen molar-refractivity contribution in [3.05, 3.63) is 40.8 Å². The summed E-state index contributed by atoms with van der Waals surface area (Å²) in [7, 11) is 1.47. The highest BCUT2D eigenvalue weighted by molar-refractivity contribution is 7.22. The molecule has 4 aromatic rings. The number of aromatic amines is 1. The quantitative estimate of drug-likeness (QED) is 0.402. The lowest BCUT2D eigenvalue weighted by atomic mass is 9.97. The van der Waals surface area contributed by atoms with E-state index >= 15 is 4.39 Å². The topological polar surface area (TPSA) is 99.8 Å². The van der Waals surface area contributed by atoms with E-state index in [1.165, 1.54) is 24.6 Å². The minimum atomic E-state index is -1.09. The molecule has 0 aliphatic heterocycles. The third-order valence-corrected chi connectivity index (χ3v) is 6.75. The number of halogens is 3. The van der Waals surface area contributed by atoms with Gasteiger partial charge in [0.15, 0.2) is 5.13 Å². The van der Waals surface area contributed by atoms with Crippen molar-refractivity contribution in [1.29, 1.82) is 0 Å². The first-order chi connectivity index (χ1) is 15.4. The number of carbonyl (C=O) groups is 2. The number of thiazole rings is 1. The molecule has 2 atom stereocenters. The van der Waals surface area contributed by atoms with E-state index in [0.29, 0.717) is 32.7 Å². The van der Waals surface area contributed by atoms with Gasteiger partial charge >= 0.3 is 0 Å². The maximum atomic E-state index is 15.2. The Morgan fingerprint density at radius 3 is 2.88 bits per heavy atom. The van der Waals surface area contributed by atoms with Crippen molar-refractivity contribution >= 4 is 61.0 Å². The van der Waals surface area contributed by atoms with Crippen molar-refractivity contribution in [2.45, 2.75) is 19.0 Å². The van der Waals surface area contributed by atoms with Crippen molar-refractivity contribution < 1.29 is 18.4 Å². The summed E-state index contributed by atoms with van der Waals surface area (Å²) in [5.74, 6) is -2.03. The molecule has 5 rings (SSSR count). The fourth-order valence-electron chi connectivity index (χ4n) is 3.64. The van der Waals surface area contributed by atoms with Gasteiger partial charge in [-0.2, -0.15) is 5.10 Å². The molecule has 0 radical (unpaired) electrons. The molecule has 2 aromatic heterocycles. The molecule has 1 aliphatic carbocycles. The first kappa shape index (κ1) is 20.8. The van der Waals surface area contributed by atoms with E-state index in [1.807, 2.05) is 0 Å². The van der Waals surface area contributed by atoms with Crippen LogP contribution in [0.5, 0.6) is 0 Å². The van der Waals surface area contributed by atoms with E-state index in [1.54, 1.807) is 18.2 Å². The summed E-state index contributed by atoms with van der Waals surface area (Å²) in [6.45, 7) is 0. The monoisotopic (exact) mass is 475 g/mol. The summed E-state index contributed by atoms with van der Waals surface area (Å²) in [5.41, 5.74) is 2.24. The lowest BCUT2D eigenvalue weighted by molar-refractivity contribution is -0.120. The molecular weight excluding hydrogens is 460 g/mol. The van der Waals surface area contributed by atoms with Gasteiger partial charge in [0, 0.05) is 23.6 Å². The highest BCUT2D eigenvalue weighted by Gasteiger charge is 2.43. The van der Waals surface area contributed by atoms with Crippen LogP contribution in [-0.2, 0) is 16.0 Å². The Morgan fingerprint density at radius 1 is 1.38 bits per heavy atom. The zero-order valence-electron chi connectivity index (χ0n) is 16.6. The summed E-state index contributed by atoms with van der Waals surface area (Å²) < 4.78 is 29.0. The molecule has 0 bridgehead atoms. The molecule has 0 unspecified atom stereocenters. The van der Waals surface area contributed by atoms with Crippen LogP contribution in [0.1, 0.15) is 12.0 Å². The van der Waals surface area contributed by atoms with Gasteiger partial charge in [0.2, 0.25) is 11.8 Å². The number of aromatic nitrogens is 3. The van der Waals surface area contributed by atoms with Crippen LogP contribution >= 0.6 is 22.9 Å². The zero-order valence-corrected chi connectivity index (χ0v) is 18.2. The molecule has 0 spiro atoms. The first-order valence-corrected chi connectivity index (χ1v) is 11.0. The Labute approximate surface area is 189 Å². The maximum absolute atomic E-state index is 15.2. The number of benzene rings is 2. The number of H-pyrrole nitrogens is 1. The number of alkyl halides is 1. The summed E-state index contributed by atoms with van der Waals surface area (Å²) >= 11 is 7.66. The fraction of sp³-hybridized carbons (Fsp3) is 0.238. The Bertz CT molecular complexity index is 1400. The minimum Gasteiger partial charge on any atom is -0.359 e. The third-order valence-electron chi connectivity index (χ3n) is 5.46. The Kier molecular flexibility index (Phi) is 5.06. The molecule has 32 heavy (non-hydrogen) atoms. The van der Waals surface area contributed by atoms with E-state index in [4.69, 9.17) is 11.6 Å². The molecule has 2 amide bonds. The standard InChI is InChI=1S/C21H16ClF2N5O2S/c1-25-15(30)6-10-18(24)17(22)16(11-7-26-29-19(10)11)8-2-3-13-14(4-8)32-21(27-13)28-20(31)9-5-12(9)23/h2-4,7,9,12H,5-6H2,1H3,(H,25,30)(H,26,29)(H,27,28,31)/t9-,12+/m1/s1. The minimum absolute atomic E-state index is 0.113. The van der Waals surface area contributed by atoms with Crippen molar-refractivity contribution in [2.75, 3.05) is 12.4 Å². The van der Waals surface area contributed by atoms with Gasteiger partial charge in [-0.15, -0.1) is 0 Å². The number of rotatable bonds is 5. The average Bonchev–Trinajstić information content (AvgIpc) is 3.14. The Morgan fingerprint density at radius 2 is 2.16 bits per heavy atom. The number of hydrogen-bond acceptors (Lipinski definition) is 5. The van der Waals surface area contributed by atoms with E-state index in [0.717, 1.165) is 4.70 Å². The second-order valence-electron chi connectivity index (χ2n) is 7.54. The molecule has 1 aliphatic rings. The molecular formula is C21H16ClF2N5O2S. The molecule has 164 valence electrons. The smallest absolute Gasteiger partial charge is 0.232 e. The molecule has 2 aromatic carbocycles. The molecule has 0 saturated heterocycles. The van der Waals surface area contributed by atoms with Crippen LogP contribution < -0.4 is 10.6 Å². The molecule has 11 heteroatoms. The van der Waals surface area contributed by atoms with Gasteiger partial charge in [-0.25, -0.2) is 13.8 Å². The Balaban J connectivity index is 1.56. The van der Waals surface area contributed by atoms with Crippen LogP contribution in [0.15, 0.2) is 24.4 Å². The number of nitrogens with one attached hydrogen (secondary N) is 3. The van der Waals surface area contributed by atoms with Crippen LogP contribution in [0.4, 0.5) is 13.9 Å². The fourth-order valence-corrected chi connectivity index (χ4v) is 4.87. The van der Waals surface area contributed by atoms with E-state index in [2.05, 4.69) is 25.8 Å². The molecule has 1 saturated carbocycles. The van der Waals surface area contributed by atoms with Gasteiger partial charge in [0.25, 0.3) is 0 Å². The number of anilines is 1. The van der Waals surface area contributed by atoms with Crippen LogP contribution in [0.3, 0.4) is 0 Å². The van der Waals surface area contributed by atoms with Crippen LogP contribution in [0, 0.1) is 11.7 Å². The molecule has 2 heterocycles. The normalized spacial score (nSPS) is 17.6. The lowest BCUT2D eigenvalue weighted by Crippen LogP contribution is -2.21. The van der Waals surface area contributed by atoms with E-state index in [-0.39, 0.29) is 35.2 Å². The SMILES string of the molecule is CNC(=O)Cc1c(F)c(Cl)c(-c2ccc3nc(NC(=O)[C@@H]4C[C@@H]4F)sc3c2)c2cn[nH]c12. The van der Waals surface area contributed by atoms with Crippen LogP contribution in [0.2, 0.25) is 5.02 Å². The predicted octanol–water partition coefficient (Wildman–Crippen LogP) is 4.22. The summed E-state index contributed by atoms with van der Waals surface area (Å²) in [6.07, 6.45) is 0.506. The first-order valence-electron chi connectivity index (χ1n) is 9.76. The van der Waals surface area contributed by atoms with Gasteiger partial charge in [0.1, 0.15) is 12.0 Å². The number of hydrogen-bond donors (Lipinski definition) is 3. The van der Waals surface area contributed by atoms with E-state index < -0.39 is 17.9 Å². The van der Waals surface area contributed by atoms with E-state index in [9.17, 15) is 14.0 Å². The summed E-state index contributed by atoms with van der Waals surface area (Å²) in [6, 6.07) is 5.28. The van der Waals surface area contributed by atoms with Crippen LogP contribution in [-0.4, -0.2) is 40.2 Å².